The fraction of sp³-hybridized carbons (Fsp3) is 0.562. The van der Waals surface area contributed by atoms with Gasteiger partial charge in [0.15, 0.2) is 6.10 Å². The number of anilines is 1. The molecule has 3 unspecified atom stereocenters. The summed E-state index contributed by atoms with van der Waals surface area (Å²) in [5.41, 5.74) is 6.83. The monoisotopic (exact) mass is 274 g/mol. The third kappa shape index (κ3) is 2.18. The van der Waals surface area contributed by atoms with Gasteiger partial charge in [0.05, 0.1) is 5.69 Å². The van der Waals surface area contributed by atoms with Crippen LogP contribution in [0.15, 0.2) is 24.3 Å². The van der Waals surface area contributed by atoms with E-state index >= 15 is 0 Å². The van der Waals surface area contributed by atoms with Crippen LogP contribution in [-0.4, -0.2) is 24.6 Å². The Hall–Kier alpha value is -1.55. The molecule has 2 N–H and O–H groups in total. The van der Waals surface area contributed by atoms with E-state index in [2.05, 4.69) is 0 Å². The molecule has 0 radical (unpaired) electrons. The van der Waals surface area contributed by atoms with Crippen molar-refractivity contribution >= 4 is 11.6 Å². The van der Waals surface area contributed by atoms with Crippen LogP contribution in [0.2, 0.25) is 0 Å². The van der Waals surface area contributed by atoms with E-state index in [9.17, 15) is 4.79 Å². The molecule has 108 valence electrons. The van der Waals surface area contributed by atoms with Crippen molar-refractivity contribution in [2.45, 2.75) is 44.8 Å². The zero-order valence-electron chi connectivity index (χ0n) is 11.9. The van der Waals surface area contributed by atoms with Gasteiger partial charge in [-0.1, -0.05) is 25.0 Å². The lowest BCUT2D eigenvalue weighted by Gasteiger charge is -2.43. The molecule has 1 aromatic carbocycles. The quantitative estimate of drug-likeness (QED) is 0.900. The van der Waals surface area contributed by atoms with E-state index < -0.39 is 6.10 Å². The molecule has 1 aliphatic carbocycles. The van der Waals surface area contributed by atoms with E-state index in [1.54, 1.807) is 0 Å². The predicted octanol–water partition coefficient (Wildman–Crippen LogP) is 2.32. The summed E-state index contributed by atoms with van der Waals surface area (Å²) < 4.78 is 5.71. The highest BCUT2D eigenvalue weighted by Gasteiger charge is 2.39. The summed E-state index contributed by atoms with van der Waals surface area (Å²) in [6, 6.07) is 8.03. The first-order valence-corrected chi connectivity index (χ1v) is 7.51. The summed E-state index contributed by atoms with van der Waals surface area (Å²) in [5, 5.41) is 0. The first-order valence-electron chi connectivity index (χ1n) is 7.51. The lowest BCUT2D eigenvalue weighted by atomic mass is 9.83. The molecule has 1 saturated carbocycles. The van der Waals surface area contributed by atoms with Gasteiger partial charge in [-0.3, -0.25) is 4.79 Å². The van der Waals surface area contributed by atoms with Gasteiger partial charge in [-0.15, -0.1) is 0 Å². The maximum absolute atomic E-state index is 12.6. The van der Waals surface area contributed by atoms with Crippen LogP contribution in [0, 0.1) is 5.92 Å². The van der Waals surface area contributed by atoms with E-state index in [4.69, 9.17) is 10.5 Å². The molecule has 1 amide bonds. The van der Waals surface area contributed by atoms with Crippen LogP contribution in [0.25, 0.3) is 0 Å². The second kappa shape index (κ2) is 5.44. The molecule has 1 aromatic rings. The summed E-state index contributed by atoms with van der Waals surface area (Å²) in [6.45, 7) is 2.47. The van der Waals surface area contributed by atoms with Crippen LogP contribution in [-0.2, 0) is 4.79 Å². The number of amides is 1. The van der Waals surface area contributed by atoms with Gasteiger partial charge in [-0.2, -0.15) is 0 Å². The van der Waals surface area contributed by atoms with Crippen LogP contribution in [0.4, 0.5) is 5.69 Å². The average Bonchev–Trinajstić information content (AvgIpc) is 2.49. The SMILES string of the molecule is CC1Oc2ccccc2N(C2CCCCC2CN)C1=O. The number of ether oxygens (including phenoxy) is 1. The summed E-state index contributed by atoms with van der Waals surface area (Å²) in [6.07, 6.45) is 4.12. The van der Waals surface area contributed by atoms with Gasteiger partial charge in [-0.05, 0) is 44.4 Å². The smallest absolute Gasteiger partial charge is 0.268 e. The van der Waals surface area contributed by atoms with Gasteiger partial charge in [0, 0.05) is 6.04 Å². The molecule has 3 rings (SSSR count). The van der Waals surface area contributed by atoms with Crippen molar-refractivity contribution < 1.29 is 9.53 Å². The highest BCUT2D eigenvalue weighted by Crippen LogP contribution is 2.39. The summed E-state index contributed by atoms with van der Waals surface area (Å²) in [4.78, 5) is 14.6. The molecule has 4 nitrogen and oxygen atoms in total. The first kappa shape index (κ1) is 13.4. The number of rotatable bonds is 2. The Morgan fingerprint density at radius 2 is 2.05 bits per heavy atom. The Morgan fingerprint density at radius 1 is 1.30 bits per heavy atom. The van der Waals surface area contributed by atoms with Crippen LogP contribution in [0.5, 0.6) is 5.75 Å². The molecular formula is C16H22N2O2. The predicted molar refractivity (Wildman–Crippen MR) is 78.8 cm³/mol. The molecule has 0 bridgehead atoms. The molecule has 0 spiro atoms. The van der Waals surface area contributed by atoms with E-state index in [-0.39, 0.29) is 11.9 Å². The van der Waals surface area contributed by atoms with Crippen molar-refractivity contribution in [3.8, 4) is 5.75 Å². The number of carbonyl (C=O) groups is 1. The number of hydrogen-bond donors (Lipinski definition) is 1. The zero-order valence-corrected chi connectivity index (χ0v) is 11.9. The maximum atomic E-state index is 12.6. The van der Waals surface area contributed by atoms with Crippen molar-refractivity contribution in [3.05, 3.63) is 24.3 Å². The molecule has 3 atom stereocenters. The maximum Gasteiger partial charge on any atom is 0.268 e. The topological polar surface area (TPSA) is 55.6 Å². The largest absolute Gasteiger partial charge is 0.479 e. The second-order valence-electron chi connectivity index (χ2n) is 5.78. The zero-order chi connectivity index (χ0) is 14.1. The minimum Gasteiger partial charge on any atom is -0.479 e. The lowest BCUT2D eigenvalue weighted by molar-refractivity contribution is -0.126. The first-order chi connectivity index (χ1) is 9.72. The molecule has 1 aliphatic heterocycles. The van der Waals surface area contributed by atoms with E-state index in [1.807, 2.05) is 36.1 Å². The molecule has 0 aromatic heterocycles. The number of fused-ring (bicyclic) bond motifs is 1. The van der Waals surface area contributed by atoms with Crippen molar-refractivity contribution in [3.63, 3.8) is 0 Å². The molecule has 0 saturated heterocycles. The number of carbonyl (C=O) groups excluding carboxylic acids is 1. The third-order valence-electron chi connectivity index (χ3n) is 4.52. The molecular weight excluding hydrogens is 252 g/mol. The Labute approximate surface area is 119 Å². The second-order valence-corrected chi connectivity index (χ2v) is 5.78. The molecule has 4 heteroatoms. The molecule has 1 fully saturated rings. The normalized spacial score (nSPS) is 29.8. The van der Waals surface area contributed by atoms with Gasteiger partial charge < -0.3 is 15.4 Å². The third-order valence-corrected chi connectivity index (χ3v) is 4.52. The highest BCUT2D eigenvalue weighted by atomic mass is 16.5. The number of para-hydroxylation sites is 2. The Bertz CT molecular complexity index is 503. The fourth-order valence-electron chi connectivity index (χ4n) is 3.46. The van der Waals surface area contributed by atoms with Crippen LogP contribution < -0.4 is 15.4 Å². The summed E-state index contributed by atoms with van der Waals surface area (Å²) in [5.74, 6) is 1.26. The highest BCUT2D eigenvalue weighted by molar-refractivity contribution is 6.00. The standard InChI is InChI=1S/C16H22N2O2/c1-11-16(19)18(13-7-3-2-6-12(13)10-17)14-8-4-5-9-15(14)20-11/h4-5,8-9,11-13H,2-3,6-7,10,17H2,1H3. The Balaban J connectivity index is 1.99. The minimum absolute atomic E-state index is 0.0639. The van der Waals surface area contributed by atoms with Gasteiger partial charge in [0.1, 0.15) is 5.75 Å². The van der Waals surface area contributed by atoms with E-state index in [1.165, 1.54) is 12.8 Å². The number of nitrogens with two attached hydrogens (primary N) is 1. The van der Waals surface area contributed by atoms with Crippen LogP contribution >= 0.6 is 0 Å². The molecule has 20 heavy (non-hydrogen) atoms. The molecule has 1 heterocycles. The lowest BCUT2D eigenvalue weighted by Crippen LogP contribution is -2.54. The Kier molecular flexibility index (Phi) is 3.66. The van der Waals surface area contributed by atoms with Crippen molar-refractivity contribution in [1.82, 2.24) is 0 Å². The number of nitrogens with zero attached hydrogens (tertiary/aromatic N) is 1. The van der Waals surface area contributed by atoms with E-state index in [0.717, 1.165) is 24.3 Å². The van der Waals surface area contributed by atoms with Crippen molar-refractivity contribution in [1.29, 1.82) is 0 Å². The van der Waals surface area contributed by atoms with Crippen LogP contribution in [0.1, 0.15) is 32.6 Å². The van der Waals surface area contributed by atoms with Crippen molar-refractivity contribution in [2.24, 2.45) is 11.7 Å². The summed E-state index contributed by atoms with van der Waals surface area (Å²) in [7, 11) is 0. The summed E-state index contributed by atoms with van der Waals surface area (Å²) >= 11 is 0. The fourth-order valence-corrected chi connectivity index (χ4v) is 3.46. The Morgan fingerprint density at radius 3 is 2.85 bits per heavy atom. The van der Waals surface area contributed by atoms with Crippen molar-refractivity contribution in [2.75, 3.05) is 11.4 Å². The van der Waals surface area contributed by atoms with Gasteiger partial charge >= 0.3 is 0 Å². The van der Waals surface area contributed by atoms with Crippen LogP contribution in [0.3, 0.4) is 0 Å². The number of hydrogen-bond acceptors (Lipinski definition) is 3. The molecule has 2 aliphatic rings. The van der Waals surface area contributed by atoms with Gasteiger partial charge in [0.25, 0.3) is 5.91 Å². The van der Waals surface area contributed by atoms with Gasteiger partial charge in [-0.25, -0.2) is 0 Å². The van der Waals surface area contributed by atoms with E-state index in [0.29, 0.717) is 12.5 Å². The number of benzene rings is 1. The van der Waals surface area contributed by atoms with Gasteiger partial charge in [0.2, 0.25) is 0 Å². The average molecular weight is 274 g/mol. The minimum atomic E-state index is -0.412.